The van der Waals surface area contributed by atoms with Gasteiger partial charge in [0.15, 0.2) is 10.7 Å². The maximum atomic E-state index is 9.57. The van der Waals surface area contributed by atoms with Gasteiger partial charge in [0.05, 0.1) is 28.0 Å². The highest BCUT2D eigenvalue weighted by Crippen LogP contribution is 2.34. The van der Waals surface area contributed by atoms with Gasteiger partial charge in [-0.2, -0.15) is 0 Å². The number of halogens is 2. The highest BCUT2D eigenvalue weighted by molar-refractivity contribution is 7.17. The van der Waals surface area contributed by atoms with Gasteiger partial charge in [0, 0.05) is 16.8 Å². The minimum Gasteiger partial charge on any atom is -0.505 e. The van der Waals surface area contributed by atoms with Crippen LogP contribution in [0.1, 0.15) is 16.3 Å². The molecule has 2 N–H and O–H groups in total. The Morgan fingerprint density at radius 1 is 1.29 bits per heavy atom. The standard InChI is InChI=1S/C14H13Cl2N3OS/c1-7-6-19-12(8(2)18-14(19)21-7)5-17-9-3-10(15)13(20)11(16)4-9/h3-4,6,17,20H,5H2,1-2H3. The Balaban J connectivity index is 1.88. The quantitative estimate of drug-likeness (QED) is 0.682. The molecule has 7 heteroatoms. The largest absolute Gasteiger partial charge is 0.505 e. The van der Waals surface area contributed by atoms with Gasteiger partial charge < -0.3 is 10.4 Å². The molecule has 2 heterocycles. The van der Waals surface area contributed by atoms with Gasteiger partial charge in [-0.1, -0.05) is 23.2 Å². The van der Waals surface area contributed by atoms with Crippen LogP contribution in [-0.4, -0.2) is 14.5 Å². The summed E-state index contributed by atoms with van der Waals surface area (Å²) in [6.45, 7) is 4.65. The lowest BCUT2D eigenvalue weighted by molar-refractivity contribution is 0.476. The number of hydrogen-bond acceptors (Lipinski definition) is 4. The van der Waals surface area contributed by atoms with E-state index in [2.05, 4.69) is 27.8 Å². The average Bonchev–Trinajstić information content (AvgIpc) is 2.89. The fourth-order valence-electron chi connectivity index (χ4n) is 2.18. The van der Waals surface area contributed by atoms with E-state index in [0.29, 0.717) is 6.54 Å². The smallest absolute Gasteiger partial charge is 0.194 e. The van der Waals surface area contributed by atoms with Crippen LogP contribution in [0.25, 0.3) is 4.96 Å². The Labute approximate surface area is 136 Å². The second-order valence-corrected chi connectivity index (χ2v) is 6.81. The molecule has 4 nitrogen and oxygen atoms in total. The highest BCUT2D eigenvalue weighted by atomic mass is 35.5. The number of aromatic hydroxyl groups is 1. The van der Waals surface area contributed by atoms with Gasteiger partial charge in [-0.15, -0.1) is 11.3 Å². The number of hydrogen-bond donors (Lipinski definition) is 2. The first kappa shape index (κ1) is 14.5. The summed E-state index contributed by atoms with van der Waals surface area (Å²) in [5.74, 6) is -0.0970. The van der Waals surface area contributed by atoms with Crippen molar-refractivity contribution in [3.05, 3.63) is 44.6 Å². The zero-order chi connectivity index (χ0) is 15.1. The lowest BCUT2D eigenvalue weighted by atomic mass is 10.2. The van der Waals surface area contributed by atoms with Crippen molar-refractivity contribution in [2.24, 2.45) is 0 Å². The number of thiazole rings is 1. The molecule has 0 aliphatic carbocycles. The molecule has 0 atom stereocenters. The van der Waals surface area contributed by atoms with E-state index in [1.54, 1.807) is 23.5 Å². The number of rotatable bonds is 3. The lowest BCUT2D eigenvalue weighted by Gasteiger charge is -2.09. The van der Waals surface area contributed by atoms with Gasteiger partial charge in [-0.05, 0) is 26.0 Å². The van der Waals surface area contributed by atoms with Gasteiger partial charge in [0.25, 0.3) is 0 Å². The van der Waals surface area contributed by atoms with Crippen molar-refractivity contribution in [3.8, 4) is 5.75 Å². The topological polar surface area (TPSA) is 49.6 Å². The summed E-state index contributed by atoms with van der Waals surface area (Å²) < 4.78 is 2.09. The maximum Gasteiger partial charge on any atom is 0.194 e. The number of fused-ring (bicyclic) bond motifs is 1. The highest BCUT2D eigenvalue weighted by Gasteiger charge is 2.12. The molecular formula is C14H13Cl2N3OS. The average molecular weight is 342 g/mol. The van der Waals surface area contributed by atoms with E-state index in [0.717, 1.165) is 22.0 Å². The number of nitrogens with one attached hydrogen (secondary N) is 1. The molecule has 0 bridgehead atoms. The number of phenols is 1. The van der Waals surface area contributed by atoms with Crippen LogP contribution in [0, 0.1) is 13.8 Å². The number of aryl methyl sites for hydroxylation is 2. The molecule has 0 spiro atoms. The van der Waals surface area contributed by atoms with Crippen molar-refractivity contribution in [1.29, 1.82) is 0 Å². The van der Waals surface area contributed by atoms with Crippen LogP contribution < -0.4 is 5.32 Å². The summed E-state index contributed by atoms with van der Waals surface area (Å²) in [5, 5.41) is 13.3. The van der Waals surface area contributed by atoms with Crippen molar-refractivity contribution in [3.63, 3.8) is 0 Å². The molecule has 0 aliphatic heterocycles. The molecule has 0 radical (unpaired) electrons. The normalized spacial score (nSPS) is 11.2. The Morgan fingerprint density at radius 2 is 1.95 bits per heavy atom. The number of imidazole rings is 1. The molecule has 21 heavy (non-hydrogen) atoms. The Morgan fingerprint density at radius 3 is 2.62 bits per heavy atom. The number of benzene rings is 1. The molecule has 0 amide bonds. The van der Waals surface area contributed by atoms with Gasteiger partial charge in [-0.25, -0.2) is 4.98 Å². The molecule has 3 rings (SSSR count). The minimum absolute atomic E-state index is 0.0970. The van der Waals surface area contributed by atoms with Crippen LogP contribution in [0.3, 0.4) is 0 Å². The number of aromatic nitrogens is 2. The molecule has 2 aromatic heterocycles. The molecule has 0 fully saturated rings. The van der Waals surface area contributed by atoms with Crippen LogP contribution in [-0.2, 0) is 6.54 Å². The monoisotopic (exact) mass is 341 g/mol. The van der Waals surface area contributed by atoms with Crippen LogP contribution in [0.4, 0.5) is 5.69 Å². The first-order chi connectivity index (χ1) is 9.95. The van der Waals surface area contributed by atoms with Crippen molar-refractivity contribution < 1.29 is 5.11 Å². The molecule has 0 saturated heterocycles. The first-order valence-corrected chi connectivity index (χ1v) is 7.89. The van der Waals surface area contributed by atoms with Crippen LogP contribution in [0.2, 0.25) is 10.0 Å². The van der Waals surface area contributed by atoms with Crippen molar-refractivity contribution >= 4 is 45.2 Å². The third-order valence-electron chi connectivity index (χ3n) is 3.22. The first-order valence-electron chi connectivity index (χ1n) is 6.31. The lowest BCUT2D eigenvalue weighted by Crippen LogP contribution is -2.03. The summed E-state index contributed by atoms with van der Waals surface area (Å²) in [5.41, 5.74) is 2.84. The molecule has 0 unspecified atom stereocenters. The van der Waals surface area contributed by atoms with Crippen LogP contribution >= 0.6 is 34.5 Å². The van der Waals surface area contributed by atoms with Crippen molar-refractivity contribution in [2.75, 3.05) is 5.32 Å². The molecule has 1 aromatic carbocycles. The third-order valence-corrected chi connectivity index (χ3v) is 4.69. The van der Waals surface area contributed by atoms with Crippen molar-refractivity contribution in [2.45, 2.75) is 20.4 Å². The van der Waals surface area contributed by atoms with E-state index in [1.807, 2.05) is 6.92 Å². The summed E-state index contributed by atoms with van der Waals surface area (Å²) in [4.78, 5) is 6.75. The fourth-order valence-corrected chi connectivity index (χ4v) is 3.55. The van der Waals surface area contributed by atoms with E-state index in [-0.39, 0.29) is 15.8 Å². The van der Waals surface area contributed by atoms with Crippen molar-refractivity contribution in [1.82, 2.24) is 9.38 Å². The summed E-state index contributed by atoms with van der Waals surface area (Å²) in [6, 6.07) is 3.30. The predicted molar refractivity (Wildman–Crippen MR) is 88.0 cm³/mol. The second-order valence-electron chi connectivity index (χ2n) is 4.78. The zero-order valence-electron chi connectivity index (χ0n) is 11.4. The zero-order valence-corrected chi connectivity index (χ0v) is 13.8. The van der Waals surface area contributed by atoms with E-state index in [1.165, 1.54) is 4.88 Å². The van der Waals surface area contributed by atoms with E-state index in [9.17, 15) is 5.11 Å². The minimum atomic E-state index is -0.0970. The second kappa shape index (κ2) is 5.40. The Kier molecular flexibility index (Phi) is 3.73. The van der Waals surface area contributed by atoms with Gasteiger partial charge >= 0.3 is 0 Å². The molecule has 110 valence electrons. The SMILES string of the molecule is Cc1cn2c(CNc3cc(Cl)c(O)c(Cl)c3)c(C)nc2s1. The van der Waals surface area contributed by atoms with E-state index >= 15 is 0 Å². The summed E-state index contributed by atoms with van der Waals surface area (Å²) >= 11 is 13.5. The molecule has 0 saturated carbocycles. The van der Waals surface area contributed by atoms with E-state index < -0.39 is 0 Å². The Hall–Kier alpha value is -1.43. The van der Waals surface area contributed by atoms with Crippen LogP contribution in [0.15, 0.2) is 18.3 Å². The van der Waals surface area contributed by atoms with Gasteiger partial charge in [-0.3, -0.25) is 4.40 Å². The molecule has 3 aromatic rings. The predicted octanol–water partition coefficient (Wildman–Crippen LogP) is 4.64. The summed E-state index contributed by atoms with van der Waals surface area (Å²) in [7, 11) is 0. The number of phenolic OH excluding ortho intramolecular Hbond substituents is 1. The number of nitrogens with zero attached hydrogens (tertiary/aromatic N) is 2. The molecular weight excluding hydrogens is 329 g/mol. The number of anilines is 1. The van der Waals surface area contributed by atoms with E-state index in [4.69, 9.17) is 23.2 Å². The van der Waals surface area contributed by atoms with Crippen LogP contribution in [0.5, 0.6) is 5.75 Å². The van der Waals surface area contributed by atoms with Gasteiger partial charge in [0.1, 0.15) is 0 Å². The fraction of sp³-hybridized carbons (Fsp3) is 0.214. The van der Waals surface area contributed by atoms with Gasteiger partial charge in [0.2, 0.25) is 0 Å². The molecule has 0 aliphatic rings. The summed E-state index contributed by atoms with van der Waals surface area (Å²) in [6.07, 6.45) is 2.08. The third kappa shape index (κ3) is 2.69. The Bertz CT molecular complexity index is 802. The maximum absolute atomic E-state index is 9.57.